The van der Waals surface area contributed by atoms with Gasteiger partial charge in [-0.05, 0) is 62.5 Å². The molecule has 2 aliphatic heterocycles. The number of aliphatic hydroxyl groups is 1. The van der Waals surface area contributed by atoms with Crippen LogP contribution in [-0.2, 0) is 16.6 Å². The number of benzene rings is 1. The summed E-state index contributed by atoms with van der Waals surface area (Å²) in [6.45, 7) is 11.3. The van der Waals surface area contributed by atoms with E-state index in [1.807, 2.05) is 14.0 Å². The van der Waals surface area contributed by atoms with E-state index in [1.54, 1.807) is 4.98 Å². The van der Waals surface area contributed by atoms with Gasteiger partial charge in [0.2, 0.25) is 0 Å². The Labute approximate surface area is 217 Å². The van der Waals surface area contributed by atoms with Gasteiger partial charge in [-0.3, -0.25) is 0 Å². The molecule has 1 aromatic carbocycles. The molecule has 7 heteroatoms. The van der Waals surface area contributed by atoms with Crippen LogP contribution in [0.25, 0.3) is 0 Å². The van der Waals surface area contributed by atoms with Gasteiger partial charge in [-0.1, -0.05) is 32.9 Å². The van der Waals surface area contributed by atoms with Crippen LogP contribution in [0.2, 0.25) is 0 Å². The van der Waals surface area contributed by atoms with Gasteiger partial charge in [0, 0.05) is 57.9 Å². The predicted octanol–water partition coefficient (Wildman–Crippen LogP) is 4.95. The highest BCUT2D eigenvalue weighted by Gasteiger charge is 2.82. The first-order chi connectivity index (χ1) is 16.4. The molecule has 7 atom stereocenters. The van der Waals surface area contributed by atoms with Crippen LogP contribution in [0.15, 0.2) is 12.1 Å². The van der Waals surface area contributed by atoms with Crippen molar-refractivity contribution >= 4 is 15.9 Å². The summed E-state index contributed by atoms with van der Waals surface area (Å²) >= 11 is 2.45. The van der Waals surface area contributed by atoms with Gasteiger partial charge >= 0.3 is 0 Å². The van der Waals surface area contributed by atoms with Crippen molar-refractivity contribution in [2.24, 2.45) is 16.7 Å². The number of piperidine rings is 1. The summed E-state index contributed by atoms with van der Waals surface area (Å²) in [5.74, 6) is 0.990. The van der Waals surface area contributed by atoms with Gasteiger partial charge < -0.3 is 19.5 Å². The van der Waals surface area contributed by atoms with Crippen LogP contribution in [0.5, 0.6) is 5.75 Å². The van der Waals surface area contributed by atoms with Crippen molar-refractivity contribution in [3.05, 3.63) is 28.8 Å². The molecular weight excluding hydrogens is 506 g/mol. The minimum absolute atomic E-state index is 0.0656. The highest BCUT2D eigenvalue weighted by atomic mass is 79.9. The summed E-state index contributed by atoms with van der Waals surface area (Å²) in [5, 5.41) is 29.4. The normalized spacial score (nSPS) is 39.3. The second-order valence-electron chi connectivity index (χ2n) is 12.5. The number of hydrogen-bond acceptors (Lipinski definition) is 6. The maximum Gasteiger partial charge on any atom is 0.179 e. The highest BCUT2D eigenvalue weighted by molar-refractivity contribution is 9.12. The molecule has 6 nitrogen and oxygen atoms in total. The van der Waals surface area contributed by atoms with Crippen LogP contribution in [0.4, 0.5) is 0 Å². The molecule has 0 amide bonds. The Bertz CT molecular complexity index is 1150. The fourth-order valence-electron chi connectivity index (χ4n) is 8.90. The topological polar surface area (TPSA) is 89.5 Å². The van der Waals surface area contributed by atoms with Gasteiger partial charge in [0.15, 0.2) is 6.19 Å². The second kappa shape index (κ2) is 7.60. The zero-order valence-electron chi connectivity index (χ0n) is 21.6. The number of methoxy groups -OCH3 is 1. The van der Waals surface area contributed by atoms with Crippen molar-refractivity contribution in [3.8, 4) is 16.9 Å². The summed E-state index contributed by atoms with van der Waals surface area (Å²) in [6.07, 6.45) is 6.99. The Kier molecular flexibility index (Phi) is 5.40. The number of aryl methyl sites for hydroxylation is 1. The van der Waals surface area contributed by atoms with Crippen LogP contribution in [0, 0.1) is 45.4 Å². The van der Waals surface area contributed by atoms with E-state index < -0.39 is 11.2 Å². The third kappa shape index (κ3) is 2.70. The lowest BCUT2D eigenvalue weighted by atomic mass is 9.33. The van der Waals surface area contributed by atoms with E-state index in [1.165, 1.54) is 16.7 Å². The first-order valence-corrected chi connectivity index (χ1v) is 13.4. The number of nitrogens with zero attached hydrogens (tertiary/aromatic N) is 3. The van der Waals surface area contributed by atoms with Gasteiger partial charge in [-0.15, -0.1) is 0 Å². The van der Waals surface area contributed by atoms with Crippen molar-refractivity contribution in [2.75, 3.05) is 13.7 Å². The monoisotopic (exact) mass is 541 g/mol. The van der Waals surface area contributed by atoms with Crippen molar-refractivity contribution in [3.63, 3.8) is 0 Å². The average Bonchev–Trinajstić information content (AvgIpc) is 3.17. The Morgan fingerprint density at radius 1 is 1.20 bits per heavy atom. The molecule has 2 heterocycles. The minimum Gasteiger partial charge on any atom is -0.486 e. The maximum atomic E-state index is 12.1. The molecule has 35 heavy (non-hydrogen) atoms. The number of rotatable bonds is 2. The van der Waals surface area contributed by atoms with Gasteiger partial charge in [0.1, 0.15) is 22.4 Å². The summed E-state index contributed by atoms with van der Waals surface area (Å²) in [7, 11) is 1.82. The quantitative estimate of drug-likeness (QED) is 0.532. The number of halogens is 1. The zero-order valence-corrected chi connectivity index (χ0v) is 23.2. The zero-order chi connectivity index (χ0) is 25.6. The molecule has 0 aromatic heterocycles. The number of nitriles is 2. The Balaban J connectivity index is 0.000000806. The first-order valence-electron chi connectivity index (χ1n) is 12.6. The summed E-state index contributed by atoms with van der Waals surface area (Å²) in [6, 6.07) is 4.60. The molecule has 1 N–H and O–H groups in total. The Hall–Kier alpha value is -1.80. The summed E-state index contributed by atoms with van der Waals surface area (Å²) in [4.78, 5) is 3.62. The van der Waals surface area contributed by atoms with E-state index >= 15 is 0 Å². The number of likely N-dealkylation sites (tertiary alicyclic amines) is 1. The van der Waals surface area contributed by atoms with E-state index in [2.05, 4.69) is 66.9 Å². The van der Waals surface area contributed by atoms with Gasteiger partial charge in [-0.25, -0.2) is 0 Å². The van der Waals surface area contributed by atoms with Gasteiger partial charge in [0.05, 0.1) is 5.60 Å². The molecule has 1 saturated heterocycles. The highest BCUT2D eigenvalue weighted by Crippen LogP contribution is 2.77. The van der Waals surface area contributed by atoms with Crippen molar-refractivity contribution in [1.82, 2.24) is 4.90 Å². The summed E-state index contributed by atoms with van der Waals surface area (Å²) in [5.41, 5.74) is 1.93. The van der Waals surface area contributed by atoms with E-state index in [0.29, 0.717) is 0 Å². The van der Waals surface area contributed by atoms with E-state index in [4.69, 9.17) is 14.7 Å². The average molecular weight is 543 g/mol. The van der Waals surface area contributed by atoms with Crippen LogP contribution >= 0.6 is 15.9 Å². The molecule has 2 spiro atoms. The maximum absolute atomic E-state index is 12.1. The molecule has 0 radical (unpaired) electrons. The molecule has 4 bridgehead atoms. The van der Waals surface area contributed by atoms with E-state index in [9.17, 15) is 10.4 Å². The lowest BCUT2D eigenvalue weighted by molar-refractivity contribution is -0.309. The Morgan fingerprint density at radius 2 is 1.89 bits per heavy atom. The second-order valence-corrected chi connectivity index (χ2v) is 12.9. The first kappa shape index (κ1) is 24.9. The standard InChI is InChI=1S/C27H36N2O3.CBrN/c1-16-7-8-17-13-19-25-9-10-27(31-6,18(14-25)24(5,30)23(2,3)4)22-26(25,11-12-29(19)15-28)20(17)21(16)32-22;2-1-3/h7-8,18-19,22,30H,9-14H2,1-6H3;. The molecule has 7 unspecified atom stereocenters. The number of fused-ring (bicyclic) bond motifs is 2. The van der Waals surface area contributed by atoms with Crippen molar-refractivity contribution in [1.29, 1.82) is 10.5 Å². The summed E-state index contributed by atoms with van der Waals surface area (Å²) < 4.78 is 13.5. The molecule has 4 fully saturated rings. The van der Waals surface area contributed by atoms with Crippen LogP contribution in [0.1, 0.15) is 70.1 Å². The lowest BCUT2D eigenvalue weighted by Crippen LogP contribution is -2.83. The molecule has 3 saturated carbocycles. The van der Waals surface area contributed by atoms with Gasteiger partial charge in [-0.2, -0.15) is 10.5 Å². The molecular formula is C28H36BrN3O3. The van der Waals surface area contributed by atoms with Gasteiger partial charge in [0.25, 0.3) is 0 Å². The van der Waals surface area contributed by atoms with Crippen molar-refractivity contribution in [2.45, 2.75) is 95.5 Å². The molecule has 4 aliphatic carbocycles. The van der Waals surface area contributed by atoms with Crippen LogP contribution < -0.4 is 4.74 Å². The SMILES string of the molecule is COC12CCC3(CC1C(C)(O)C(C)(C)C)C1Cc4ccc(C)c5c4C3(CCN1C#N)C2O5.N#CBr. The minimum atomic E-state index is -0.933. The predicted molar refractivity (Wildman–Crippen MR) is 136 cm³/mol. The smallest absolute Gasteiger partial charge is 0.179 e. The molecule has 188 valence electrons. The Morgan fingerprint density at radius 3 is 2.49 bits per heavy atom. The fourth-order valence-corrected chi connectivity index (χ4v) is 8.90. The number of ether oxygens (including phenoxy) is 2. The molecule has 6 aliphatic rings. The van der Waals surface area contributed by atoms with E-state index in [0.717, 1.165) is 44.4 Å². The molecule has 7 rings (SSSR count). The van der Waals surface area contributed by atoms with E-state index in [-0.39, 0.29) is 34.3 Å². The lowest BCUT2D eigenvalue weighted by Gasteiger charge is -2.75. The van der Waals surface area contributed by atoms with Crippen LogP contribution in [0.3, 0.4) is 0 Å². The third-order valence-corrected chi connectivity index (χ3v) is 10.9. The fraction of sp³-hybridized carbons (Fsp3) is 0.714. The third-order valence-electron chi connectivity index (χ3n) is 10.9. The molecule has 1 aromatic rings. The van der Waals surface area contributed by atoms with Crippen molar-refractivity contribution < 1.29 is 14.6 Å². The van der Waals surface area contributed by atoms with Crippen LogP contribution in [-0.4, -0.2) is 47.0 Å². The largest absolute Gasteiger partial charge is 0.486 e. The number of hydrogen-bond donors (Lipinski definition) is 1.